The molecule has 4 nitrogen and oxygen atoms in total. The van der Waals surface area contributed by atoms with Crippen LogP contribution in [0.2, 0.25) is 0 Å². The molecule has 1 N–H and O–H groups in total. The van der Waals surface area contributed by atoms with Gasteiger partial charge in [0.1, 0.15) is 17.9 Å². The van der Waals surface area contributed by atoms with Crippen molar-refractivity contribution in [3.8, 4) is 0 Å². The smallest absolute Gasteiger partial charge is 0.250 e. The Morgan fingerprint density at radius 3 is 2.63 bits per heavy atom. The Kier molecular flexibility index (Phi) is 3.55. The van der Waals surface area contributed by atoms with Crippen molar-refractivity contribution in [2.45, 2.75) is 39.3 Å². The lowest BCUT2D eigenvalue weighted by molar-refractivity contribution is -0.133. The van der Waals surface area contributed by atoms with E-state index >= 15 is 0 Å². The number of nitrogens with zero attached hydrogens (tertiary/aromatic N) is 1. The van der Waals surface area contributed by atoms with Crippen molar-refractivity contribution in [1.29, 1.82) is 0 Å². The van der Waals surface area contributed by atoms with Crippen LogP contribution in [0.1, 0.15) is 25.8 Å². The number of benzene rings is 1. The summed E-state index contributed by atoms with van der Waals surface area (Å²) in [6.45, 7) is 5.12. The van der Waals surface area contributed by atoms with Crippen molar-refractivity contribution >= 4 is 17.5 Å². The molecule has 2 rings (SSSR count). The third kappa shape index (κ3) is 2.32. The van der Waals surface area contributed by atoms with E-state index in [1.807, 2.05) is 6.92 Å². The van der Waals surface area contributed by atoms with Gasteiger partial charge in [0.05, 0.1) is 0 Å². The lowest BCUT2D eigenvalue weighted by atomic mass is 10.0. The molecule has 2 unspecified atom stereocenters. The minimum Gasteiger partial charge on any atom is -0.343 e. The number of aryl methyl sites for hydroxylation is 1. The fourth-order valence-corrected chi connectivity index (χ4v) is 2.19. The zero-order valence-electron chi connectivity index (χ0n) is 11.2. The van der Waals surface area contributed by atoms with E-state index < -0.39 is 12.1 Å². The second kappa shape index (κ2) is 4.99. The van der Waals surface area contributed by atoms with Crippen LogP contribution in [0.4, 0.5) is 10.1 Å². The van der Waals surface area contributed by atoms with Crippen LogP contribution >= 0.6 is 0 Å². The number of anilines is 1. The van der Waals surface area contributed by atoms with Crippen LogP contribution in [0.25, 0.3) is 0 Å². The van der Waals surface area contributed by atoms with Gasteiger partial charge in [0, 0.05) is 5.69 Å². The lowest BCUT2D eigenvalue weighted by Crippen LogP contribution is -2.62. The number of carbonyl (C=O) groups excluding carboxylic acids is 2. The third-order valence-corrected chi connectivity index (χ3v) is 3.46. The van der Waals surface area contributed by atoms with Crippen LogP contribution in [-0.4, -0.2) is 23.9 Å². The Morgan fingerprint density at radius 2 is 2.05 bits per heavy atom. The maximum absolute atomic E-state index is 13.6. The molecule has 1 aliphatic rings. The Hall–Kier alpha value is -1.91. The van der Waals surface area contributed by atoms with Crippen LogP contribution < -0.4 is 10.2 Å². The second-order valence-electron chi connectivity index (χ2n) is 4.79. The summed E-state index contributed by atoms with van der Waals surface area (Å²) in [7, 11) is 0. The zero-order valence-corrected chi connectivity index (χ0v) is 11.2. The summed E-state index contributed by atoms with van der Waals surface area (Å²) in [5, 5.41) is 2.67. The average Bonchev–Trinajstić information content (AvgIpc) is 2.38. The predicted octanol–water partition coefficient (Wildman–Crippen LogP) is 1.76. The molecule has 1 saturated heterocycles. The third-order valence-electron chi connectivity index (χ3n) is 3.46. The fraction of sp³-hybridized carbons (Fsp3) is 0.429. The van der Waals surface area contributed by atoms with Gasteiger partial charge in [0.15, 0.2) is 0 Å². The highest BCUT2D eigenvalue weighted by molar-refractivity contribution is 6.08. The molecule has 1 aromatic carbocycles. The van der Waals surface area contributed by atoms with E-state index in [-0.39, 0.29) is 17.6 Å². The second-order valence-corrected chi connectivity index (χ2v) is 4.79. The van der Waals surface area contributed by atoms with Crippen molar-refractivity contribution < 1.29 is 14.0 Å². The number of carbonyl (C=O) groups is 2. The van der Waals surface area contributed by atoms with Crippen molar-refractivity contribution in [2.24, 2.45) is 0 Å². The largest absolute Gasteiger partial charge is 0.343 e. The molecule has 102 valence electrons. The highest BCUT2D eigenvalue weighted by Gasteiger charge is 2.38. The van der Waals surface area contributed by atoms with Gasteiger partial charge in [-0.05, 0) is 38.0 Å². The molecule has 0 radical (unpaired) electrons. The summed E-state index contributed by atoms with van der Waals surface area (Å²) in [5.41, 5.74) is 0.936. The number of halogens is 1. The van der Waals surface area contributed by atoms with Gasteiger partial charge >= 0.3 is 0 Å². The van der Waals surface area contributed by atoms with E-state index in [0.29, 0.717) is 17.7 Å². The van der Waals surface area contributed by atoms with Crippen molar-refractivity contribution in [2.75, 3.05) is 4.90 Å². The van der Waals surface area contributed by atoms with Crippen LogP contribution in [0.5, 0.6) is 0 Å². The van der Waals surface area contributed by atoms with Crippen LogP contribution in [0, 0.1) is 12.7 Å². The van der Waals surface area contributed by atoms with E-state index in [1.54, 1.807) is 26.0 Å². The van der Waals surface area contributed by atoms with Crippen molar-refractivity contribution in [3.63, 3.8) is 0 Å². The quantitative estimate of drug-likeness (QED) is 0.885. The molecule has 2 atom stereocenters. The van der Waals surface area contributed by atoms with Gasteiger partial charge in [-0.25, -0.2) is 4.39 Å². The molecule has 5 heteroatoms. The number of amides is 2. The molecule has 1 heterocycles. The number of hydrogen-bond acceptors (Lipinski definition) is 2. The monoisotopic (exact) mass is 264 g/mol. The molecule has 0 saturated carbocycles. The normalized spacial score (nSPS) is 23.5. The van der Waals surface area contributed by atoms with Gasteiger partial charge in [0.2, 0.25) is 11.8 Å². The molecule has 0 aromatic heterocycles. The SMILES string of the molecule is CCC1NC(=O)C(C)N(c2ccc(C)c(F)c2)C1=O. The zero-order chi connectivity index (χ0) is 14.2. The molecule has 1 fully saturated rings. The topological polar surface area (TPSA) is 49.4 Å². The Bertz CT molecular complexity index is 530. The average molecular weight is 264 g/mol. The fourth-order valence-electron chi connectivity index (χ4n) is 2.19. The number of hydrogen-bond donors (Lipinski definition) is 1. The predicted molar refractivity (Wildman–Crippen MR) is 70.3 cm³/mol. The maximum atomic E-state index is 13.6. The molecule has 2 amide bonds. The minimum absolute atomic E-state index is 0.196. The van der Waals surface area contributed by atoms with E-state index in [9.17, 15) is 14.0 Å². The van der Waals surface area contributed by atoms with Crippen molar-refractivity contribution in [3.05, 3.63) is 29.6 Å². The molecular formula is C14H17FN2O2. The summed E-state index contributed by atoms with van der Waals surface area (Å²) >= 11 is 0. The van der Waals surface area contributed by atoms with Gasteiger partial charge in [-0.1, -0.05) is 13.0 Å². The minimum atomic E-state index is -0.627. The van der Waals surface area contributed by atoms with Crippen LogP contribution in [0.15, 0.2) is 18.2 Å². The van der Waals surface area contributed by atoms with Crippen LogP contribution in [0.3, 0.4) is 0 Å². The Morgan fingerprint density at radius 1 is 1.37 bits per heavy atom. The Labute approximate surface area is 111 Å². The van der Waals surface area contributed by atoms with Crippen LogP contribution in [-0.2, 0) is 9.59 Å². The highest BCUT2D eigenvalue weighted by Crippen LogP contribution is 2.24. The summed E-state index contributed by atoms with van der Waals surface area (Å²) < 4.78 is 13.6. The van der Waals surface area contributed by atoms with E-state index in [4.69, 9.17) is 0 Å². The first-order valence-electron chi connectivity index (χ1n) is 6.35. The first-order valence-corrected chi connectivity index (χ1v) is 6.35. The van der Waals surface area contributed by atoms with E-state index in [1.165, 1.54) is 11.0 Å². The first-order chi connectivity index (χ1) is 8.95. The number of piperazine rings is 1. The molecule has 0 bridgehead atoms. The maximum Gasteiger partial charge on any atom is 0.250 e. The number of nitrogens with one attached hydrogen (secondary N) is 1. The highest BCUT2D eigenvalue weighted by atomic mass is 19.1. The summed E-state index contributed by atoms with van der Waals surface area (Å²) in [6.07, 6.45) is 0.516. The van der Waals surface area contributed by atoms with Gasteiger partial charge in [-0.2, -0.15) is 0 Å². The standard InChI is InChI=1S/C14H17FN2O2/c1-4-12-14(19)17(9(3)13(18)16-12)10-6-5-8(2)11(15)7-10/h5-7,9,12H,4H2,1-3H3,(H,16,18). The molecule has 1 aromatic rings. The summed E-state index contributed by atoms with van der Waals surface area (Å²) in [5.74, 6) is -0.790. The first kappa shape index (κ1) is 13.5. The van der Waals surface area contributed by atoms with E-state index in [2.05, 4.69) is 5.32 Å². The molecule has 19 heavy (non-hydrogen) atoms. The van der Waals surface area contributed by atoms with Gasteiger partial charge < -0.3 is 5.32 Å². The van der Waals surface area contributed by atoms with Crippen molar-refractivity contribution in [1.82, 2.24) is 5.32 Å². The summed E-state index contributed by atoms with van der Waals surface area (Å²) in [4.78, 5) is 25.5. The van der Waals surface area contributed by atoms with Gasteiger partial charge in [-0.3, -0.25) is 14.5 Å². The summed E-state index contributed by atoms with van der Waals surface area (Å²) in [6, 6.07) is 3.41. The Balaban J connectivity index is 2.41. The number of rotatable bonds is 2. The lowest BCUT2D eigenvalue weighted by Gasteiger charge is -2.37. The van der Waals surface area contributed by atoms with Gasteiger partial charge in [0.25, 0.3) is 0 Å². The van der Waals surface area contributed by atoms with E-state index in [0.717, 1.165) is 0 Å². The molecule has 0 aliphatic carbocycles. The molecule has 0 spiro atoms. The van der Waals surface area contributed by atoms with Gasteiger partial charge in [-0.15, -0.1) is 0 Å². The molecule has 1 aliphatic heterocycles. The molecular weight excluding hydrogens is 247 g/mol.